The van der Waals surface area contributed by atoms with Crippen LogP contribution in [-0.2, 0) is 0 Å². The van der Waals surface area contributed by atoms with Crippen LogP contribution >= 0.6 is 0 Å². The maximum atomic E-state index is 11.4. The molecular formula is C16H11NO5. The van der Waals surface area contributed by atoms with E-state index in [-0.39, 0.29) is 12.5 Å². The summed E-state index contributed by atoms with van der Waals surface area (Å²) in [6, 6.07) is 12.4. The average Bonchev–Trinajstić information content (AvgIpc) is 3.01. The van der Waals surface area contributed by atoms with Gasteiger partial charge in [-0.1, -0.05) is 24.3 Å². The van der Waals surface area contributed by atoms with Gasteiger partial charge in [0, 0.05) is 17.2 Å². The lowest BCUT2D eigenvalue weighted by atomic mass is 10.0. The van der Waals surface area contributed by atoms with Gasteiger partial charge in [-0.05, 0) is 18.2 Å². The van der Waals surface area contributed by atoms with Crippen molar-refractivity contribution < 1.29 is 19.1 Å². The SMILES string of the molecule is O=[N+]([O-])C1=Cc2ccccc2OC1c1ccc2c(c1)OCO2. The van der Waals surface area contributed by atoms with Crippen LogP contribution in [-0.4, -0.2) is 11.7 Å². The Morgan fingerprint density at radius 1 is 1.05 bits per heavy atom. The highest BCUT2D eigenvalue weighted by Gasteiger charge is 2.34. The average molecular weight is 297 g/mol. The minimum Gasteiger partial charge on any atom is -0.474 e. The minimum atomic E-state index is -0.778. The van der Waals surface area contributed by atoms with Crippen LogP contribution in [0.1, 0.15) is 17.2 Å². The van der Waals surface area contributed by atoms with Crippen LogP contribution in [0.5, 0.6) is 17.2 Å². The zero-order valence-corrected chi connectivity index (χ0v) is 11.4. The predicted octanol–water partition coefficient (Wildman–Crippen LogP) is 3.17. The number of nitrogens with zero attached hydrogens (tertiary/aromatic N) is 1. The molecule has 110 valence electrons. The highest BCUT2D eigenvalue weighted by molar-refractivity contribution is 5.62. The van der Waals surface area contributed by atoms with Crippen LogP contribution in [0.4, 0.5) is 0 Å². The maximum Gasteiger partial charge on any atom is 0.291 e. The molecule has 1 unspecified atom stereocenters. The quantitative estimate of drug-likeness (QED) is 0.629. The summed E-state index contributed by atoms with van der Waals surface area (Å²) in [5.74, 6) is 1.82. The highest BCUT2D eigenvalue weighted by atomic mass is 16.7. The summed E-state index contributed by atoms with van der Waals surface area (Å²) >= 11 is 0. The van der Waals surface area contributed by atoms with Crippen LogP contribution < -0.4 is 14.2 Å². The van der Waals surface area contributed by atoms with Crippen LogP contribution in [0.2, 0.25) is 0 Å². The third kappa shape index (κ3) is 1.96. The van der Waals surface area contributed by atoms with Crippen molar-refractivity contribution >= 4 is 6.08 Å². The number of hydrogen-bond donors (Lipinski definition) is 0. The second kappa shape index (κ2) is 4.77. The normalized spacial score (nSPS) is 18.2. The van der Waals surface area contributed by atoms with Gasteiger partial charge in [0.15, 0.2) is 11.5 Å². The first-order chi connectivity index (χ1) is 10.7. The van der Waals surface area contributed by atoms with Gasteiger partial charge in [-0.25, -0.2) is 0 Å². The van der Waals surface area contributed by atoms with Gasteiger partial charge >= 0.3 is 0 Å². The second-order valence-electron chi connectivity index (χ2n) is 4.97. The number of hydrogen-bond acceptors (Lipinski definition) is 5. The van der Waals surface area contributed by atoms with E-state index in [1.165, 1.54) is 0 Å². The van der Waals surface area contributed by atoms with E-state index in [0.29, 0.717) is 28.4 Å². The molecule has 2 heterocycles. The van der Waals surface area contributed by atoms with Crippen molar-refractivity contribution in [2.75, 3.05) is 6.79 Å². The van der Waals surface area contributed by atoms with Crippen molar-refractivity contribution in [3.05, 3.63) is 69.4 Å². The van der Waals surface area contributed by atoms with Crippen molar-refractivity contribution in [1.82, 2.24) is 0 Å². The van der Waals surface area contributed by atoms with Crippen LogP contribution in [0, 0.1) is 10.1 Å². The van der Waals surface area contributed by atoms with Gasteiger partial charge in [-0.2, -0.15) is 0 Å². The Hall–Kier alpha value is -3.02. The predicted molar refractivity (Wildman–Crippen MR) is 77.3 cm³/mol. The molecule has 0 spiro atoms. The number of benzene rings is 2. The minimum absolute atomic E-state index is 0.00225. The molecule has 0 saturated carbocycles. The van der Waals surface area contributed by atoms with E-state index in [0.717, 1.165) is 0 Å². The van der Waals surface area contributed by atoms with Gasteiger partial charge in [-0.3, -0.25) is 10.1 Å². The van der Waals surface area contributed by atoms with Gasteiger partial charge in [0.05, 0.1) is 4.92 Å². The summed E-state index contributed by atoms with van der Waals surface area (Å²) in [6.45, 7) is 0.158. The molecule has 4 rings (SSSR count). The van der Waals surface area contributed by atoms with E-state index in [4.69, 9.17) is 14.2 Å². The fourth-order valence-electron chi connectivity index (χ4n) is 2.59. The smallest absolute Gasteiger partial charge is 0.291 e. The molecule has 0 amide bonds. The highest BCUT2D eigenvalue weighted by Crippen LogP contribution is 2.41. The molecule has 2 aromatic carbocycles. The van der Waals surface area contributed by atoms with Crippen LogP contribution in [0.3, 0.4) is 0 Å². The topological polar surface area (TPSA) is 70.8 Å². The molecule has 2 aliphatic rings. The van der Waals surface area contributed by atoms with E-state index < -0.39 is 11.0 Å². The molecule has 2 aromatic rings. The van der Waals surface area contributed by atoms with Crippen molar-refractivity contribution in [2.45, 2.75) is 6.10 Å². The maximum absolute atomic E-state index is 11.4. The molecule has 0 radical (unpaired) electrons. The van der Waals surface area contributed by atoms with Gasteiger partial charge in [-0.15, -0.1) is 0 Å². The summed E-state index contributed by atoms with van der Waals surface area (Å²) in [6.07, 6.45) is 0.771. The summed E-state index contributed by atoms with van der Waals surface area (Å²) in [4.78, 5) is 11.0. The number of para-hydroxylation sites is 1. The fourth-order valence-corrected chi connectivity index (χ4v) is 2.59. The second-order valence-corrected chi connectivity index (χ2v) is 4.97. The van der Waals surface area contributed by atoms with Crippen molar-refractivity contribution in [2.24, 2.45) is 0 Å². The van der Waals surface area contributed by atoms with Crippen molar-refractivity contribution in [3.8, 4) is 17.2 Å². The lowest BCUT2D eigenvalue weighted by Gasteiger charge is -2.22. The fraction of sp³-hybridized carbons (Fsp3) is 0.125. The molecule has 1 atom stereocenters. The third-order valence-corrected chi connectivity index (χ3v) is 3.65. The zero-order valence-electron chi connectivity index (χ0n) is 11.4. The van der Waals surface area contributed by atoms with Crippen LogP contribution in [0.25, 0.3) is 6.08 Å². The molecule has 0 saturated heterocycles. The summed E-state index contributed by atoms with van der Waals surface area (Å²) < 4.78 is 16.4. The molecule has 2 aliphatic heterocycles. The Balaban J connectivity index is 1.79. The first-order valence-corrected chi connectivity index (χ1v) is 6.73. The molecule has 0 fully saturated rings. The molecule has 22 heavy (non-hydrogen) atoms. The Morgan fingerprint density at radius 3 is 2.73 bits per heavy atom. The summed E-state index contributed by atoms with van der Waals surface area (Å²) in [7, 11) is 0. The molecular weight excluding hydrogens is 286 g/mol. The third-order valence-electron chi connectivity index (χ3n) is 3.65. The number of fused-ring (bicyclic) bond motifs is 2. The monoisotopic (exact) mass is 297 g/mol. The van der Waals surface area contributed by atoms with Crippen molar-refractivity contribution in [1.29, 1.82) is 0 Å². The van der Waals surface area contributed by atoms with Gasteiger partial charge < -0.3 is 14.2 Å². The molecule has 0 bridgehead atoms. The Labute approximate surface area is 125 Å². The van der Waals surface area contributed by atoms with Crippen molar-refractivity contribution in [3.63, 3.8) is 0 Å². The van der Waals surface area contributed by atoms with Gasteiger partial charge in [0.2, 0.25) is 12.9 Å². The van der Waals surface area contributed by atoms with E-state index >= 15 is 0 Å². The molecule has 0 aliphatic carbocycles. The first-order valence-electron chi connectivity index (χ1n) is 6.73. The lowest BCUT2D eigenvalue weighted by molar-refractivity contribution is -0.434. The number of nitro groups is 1. The summed E-state index contributed by atoms with van der Waals surface area (Å²) in [5, 5.41) is 11.4. The lowest BCUT2D eigenvalue weighted by Crippen LogP contribution is -2.19. The van der Waals surface area contributed by atoms with E-state index in [2.05, 4.69) is 0 Å². The molecule has 6 heteroatoms. The number of rotatable bonds is 2. The van der Waals surface area contributed by atoms with Gasteiger partial charge in [0.1, 0.15) is 5.75 Å². The molecule has 0 N–H and O–H groups in total. The Bertz CT molecular complexity index is 799. The van der Waals surface area contributed by atoms with E-state index in [9.17, 15) is 10.1 Å². The standard InChI is InChI=1S/C16H11NO5/c18-17(19)12-7-10-3-1-2-4-13(10)22-16(12)11-5-6-14-15(8-11)21-9-20-14/h1-8,16H,9H2. The first kappa shape index (κ1) is 12.7. The zero-order chi connectivity index (χ0) is 15.1. The molecule has 0 aromatic heterocycles. The Morgan fingerprint density at radius 2 is 1.86 bits per heavy atom. The van der Waals surface area contributed by atoms with Crippen LogP contribution in [0.15, 0.2) is 48.2 Å². The Kier molecular flexibility index (Phi) is 2.75. The van der Waals surface area contributed by atoms with E-state index in [1.807, 2.05) is 12.1 Å². The largest absolute Gasteiger partial charge is 0.474 e. The summed E-state index contributed by atoms with van der Waals surface area (Å²) in [5.41, 5.74) is 1.35. The molecule has 6 nitrogen and oxygen atoms in total. The van der Waals surface area contributed by atoms with E-state index in [1.54, 1.807) is 36.4 Å². The van der Waals surface area contributed by atoms with Gasteiger partial charge in [0.25, 0.3) is 5.70 Å². The number of ether oxygens (including phenoxy) is 3.